The van der Waals surface area contributed by atoms with Gasteiger partial charge in [0.25, 0.3) is 5.88 Å². The maximum Gasteiger partial charge on any atom is 0.269 e. The number of amidine groups is 1. The highest BCUT2D eigenvalue weighted by atomic mass is 19.1. The Morgan fingerprint density at radius 1 is 1.09 bits per heavy atom. The fourth-order valence-electron chi connectivity index (χ4n) is 3.91. The molecule has 0 amide bonds. The summed E-state index contributed by atoms with van der Waals surface area (Å²) in [5.74, 6) is 0.917. The molecular weight excluding hydrogens is 421 g/mol. The summed E-state index contributed by atoms with van der Waals surface area (Å²) >= 11 is 0. The number of hydroxylamine groups is 1. The van der Waals surface area contributed by atoms with Crippen LogP contribution in [0.4, 0.5) is 4.39 Å². The van der Waals surface area contributed by atoms with Crippen LogP contribution in [0.2, 0.25) is 0 Å². The average molecular weight is 448 g/mol. The van der Waals surface area contributed by atoms with Gasteiger partial charge in [0.2, 0.25) is 0 Å². The number of ether oxygens (including phenoxy) is 1. The molecule has 2 aromatic carbocycles. The van der Waals surface area contributed by atoms with E-state index in [0.717, 1.165) is 19.3 Å². The van der Waals surface area contributed by atoms with Crippen LogP contribution < -0.4 is 10.2 Å². The Morgan fingerprint density at radius 2 is 1.94 bits per heavy atom. The van der Waals surface area contributed by atoms with Crippen molar-refractivity contribution in [2.75, 3.05) is 6.61 Å². The van der Waals surface area contributed by atoms with Crippen LogP contribution in [-0.2, 0) is 11.3 Å². The lowest BCUT2D eigenvalue weighted by atomic mass is 10.0. The molecule has 0 spiro atoms. The van der Waals surface area contributed by atoms with Crippen molar-refractivity contribution in [3.05, 3.63) is 76.0 Å². The number of benzene rings is 2. The smallest absolute Gasteiger partial charge is 0.269 e. The molecule has 33 heavy (non-hydrogen) atoms. The molecule has 7 nitrogen and oxygen atoms in total. The summed E-state index contributed by atoms with van der Waals surface area (Å²) in [5, 5.41) is 8.14. The highest BCUT2D eigenvalue weighted by molar-refractivity contribution is 5.98. The minimum Gasteiger partial charge on any atom is -0.433 e. The number of nitrogens with one attached hydrogen (secondary N) is 1. The molecule has 1 atom stereocenters. The van der Waals surface area contributed by atoms with E-state index in [9.17, 15) is 0 Å². The zero-order valence-electron chi connectivity index (χ0n) is 18.9. The third kappa shape index (κ3) is 4.71. The predicted octanol–water partition coefficient (Wildman–Crippen LogP) is 4.50. The summed E-state index contributed by atoms with van der Waals surface area (Å²) in [5.41, 5.74) is 7.52. The van der Waals surface area contributed by atoms with E-state index in [1.54, 1.807) is 25.1 Å². The number of hydrogen-bond acceptors (Lipinski definition) is 7. The molecular formula is C25H26FN5O2. The van der Waals surface area contributed by atoms with Gasteiger partial charge in [-0.25, -0.2) is 14.9 Å². The second kappa shape index (κ2) is 8.86. The number of halogens is 1. The van der Waals surface area contributed by atoms with Crippen LogP contribution in [-0.4, -0.2) is 33.7 Å². The molecule has 1 fully saturated rings. The zero-order valence-corrected chi connectivity index (χ0v) is 18.9. The van der Waals surface area contributed by atoms with E-state index in [4.69, 9.17) is 14.6 Å². The summed E-state index contributed by atoms with van der Waals surface area (Å²) in [4.78, 5) is 14.9. The summed E-state index contributed by atoms with van der Waals surface area (Å²) in [6.45, 7) is 6.34. The van der Waals surface area contributed by atoms with Gasteiger partial charge >= 0.3 is 0 Å². The Kier molecular flexibility index (Phi) is 5.76. The summed E-state index contributed by atoms with van der Waals surface area (Å²) in [7, 11) is 0. The fraction of sp³-hybridized carbons (Fsp3) is 0.360. The molecule has 1 unspecified atom stereocenters. The molecule has 0 bridgehead atoms. The Bertz CT molecular complexity index is 1230. The molecule has 1 saturated carbocycles. The molecule has 1 aliphatic carbocycles. The summed E-state index contributed by atoms with van der Waals surface area (Å²) in [6, 6.07) is 11.5. The van der Waals surface area contributed by atoms with Crippen molar-refractivity contribution in [3.63, 3.8) is 0 Å². The highest BCUT2D eigenvalue weighted by Gasteiger charge is 2.29. The summed E-state index contributed by atoms with van der Waals surface area (Å²) < 4.78 is 20.9. The third-order valence-corrected chi connectivity index (χ3v) is 6.00. The van der Waals surface area contributed by atoms with Crippen molar-refractivity contribution in [1.29, 1.82) is 0 Å². The minimum atomic E-state index is -0.365. The van der Waals surface area contributed by atoms with Gasteiger partial charge in [0.1, 0.15) is 5.82 Å². The Labute approximate surface area is 192 Å². The van der Waals surface area contributed by atoms with Crippen molar-refractivity contribution in [3.8, 4) is 11.6 Å². The molecule has 170 valence electrons. The zero-order chi connectivity index (χ0) is 22.9. The van der Waals surface area contributed by atoms with Gasteiger partial charge in [-0.1, -0.05) is 30.3 Å². The second-order valence-electron chi connectivity index (χ2n) is 8.72. The average Bonchev–Trinajstić information content (AvgIpc) is 3.64. The first-order valence-corrected chi connectivity index (χ1v) is 11.2. The molecule has 0 radical (unpaired) electrons. The molecule has 3 aromatic rings. The van der Waals surface area contributed by atoms with Crippen LogP contribution in [0.15, 0.2) is 41.4 Å². The molecule has 2 heterocycles. The van der Waals surface area contributed by atoms with Crippen LogP contribution in [0.1, 0.15) is 52.5 Å². The van der Waals surface area contributed by atoms with Crippen LogP contribution in [0, 0.1) is 26.6 Å². The minimum absolute atomic E-state index is 0.0779. The van der Waals surface area contributed by atoms with E-state index >= 15 is 4.39 Å². The SMILES string of the molecule is Cc1nnc(Oc2cccc(C3CC3)c2F)c(C2=NC(Cc3ccc(C)c(C)c3)CON2)n1. The standard InChI is InChI=1S/C25H26FN5O2/c1-14-7-8-17(11-15(14)2)12-19-13-32-31-24(28-19)23-25(30-29-16(3)27-23)33-21-6-4-5-20(22(21)26)18-9-10-18/h4-8,11,18-19H,9-10,12-13H2,1-3H3,(H,28,31). The van der Waals surface area contributed by atoms with Crippen molar-refractivity contribution < 1.29 is 14.0 Å². The van der Waals surface area contributed by atoms with E-state index in [-0.39, 0.29) is 29.4 Å². The molecule has 1 aromatic heterocycles. The Morgan fingerprint density at radius 3 is 2.73 bits per heavy atom. The number of rotatable bonds is 6. The first-order chi connectivity index (χ1) is 16.0. The van der Waals surface area contributed by atoms with Crippen molar-refractivity contribution in [2.45, 2.75) is 52.0 Å². The van der Waals surface area contributed by atoms with E-state index < -0.39 is 0 Å². The number of nitrogens with zero attached hydrogens (tertiary/aromatic N) is 4. The molecule has 0 saturated heterocycles. The Balaban J connectivity index is 1.43. The topological polar surface area (TPSA) is 81.5 Å². The van der Waals surface area contributed by atoms with E-state index in [1.165, 1.54) is 16.7 Å². The fourth-order valence-corrected chi connectivity index (χ4v) is 3.91. The summed E-state index contributed by atoms with van der Waals surface area (Å²) in [6.07, 6.45) is 2.72. The van der Waals surface area contributed by atoms with E-state index in [1.807, 2.05) is 0 Å². The molecule has 8 heteroatoms. The number of aryl methyl sites for hydroxylation is 3. The van der Waals surface area contributed by atoms with Crippen molar-refractivity contribution in [1.82, 2.24) is 20.7 Å². The van der Waals surface area contributed by atoms with Crippen LogP contribution in [0.5, 0.6) is 11.6 Å². The molecule has 1 aliphatic heterocycles. The van der Waals surface area contributed by atoms with Gasteiger partial charge < -0.3 is 4.74 Å². The first-order valence-electron chi connectivity index (χ1n) is 11.2. The van der Waals surface area contributed by atoms with Gasteiger partial charge in [0.05, 0.1) is 12.6 Å². The third-order valence-electron chi connectivity index (χ3n) is 6.00. The second-order valence-corrected chi connectivity index (χ2v) is 8.72. The Hall–Kier alpha value is -3.39. The van der Waals surface area contributed by atoms with Gasteiger partial charge in [0, 0.05) is 0 Å². The monoisotopic (exact) mass is 447 g/mol. The lowest BCUT2D eigenvalue weighted by molar-refractivity contribution is 0.0621. The molecule has 1 N–H and O–H groups in total. The quantitative estimate of drug-likeness (QED) is 0.599. The van der Waals surface area contributed by atoms with Crippen LogP contribution in [0.3, 0.4) is 0 Å². The molecule has 2 aliphatic rings. The van der Waals surface area contributed by atoms with Crippen molar-refractivity contribution >= 4 is 5.84 Å². The van der Waals surface area contributed by atoms with Gasteiger partial charge in [0.15, 0.2) is 23.1 Å². The van der Waals surface area contributed by atoms with Crippen LogP contribution in [0.25, 0.3) is 0 Å². The lowest BCUT2D eigenvalue weighted by Gasteiger charge is -2.22. The van der Waals surface area contributed by atoms with Gasteiger partial charge in [-0.3, -0.25) is 9.83 Å². The number of aromatic nitrogens is 3. The number of hydrogen-bond donors (Lipinski definition) is 1. The lowest BCUT2D eigenvalue weighted by Crippen LogP contribution is -2.37. The van der Waals surface area contributed by atoms with Crippen LogP contribution >= 0.6 is 0 Å². The van der Waals surface area contributed by atoms with Gasteiger partial charge in [-0.2, -0.15) is 0 Å². The highest BCUT2D eigenvalue weighted by Crippen LogP contribution is 2.43. The predicted molar refractivity (Wildman–Crippen MR) is 122 cm³/mol. The van der Waals surface area contributed by atoms with Gasteiger partial charge in [-0.15, -0.1) is 10.2 Å². The van der Waals surface area contributed by atoms with E-state index in [2.05, 4.69) is 52.7 Å². The first kappa shape index (κ1) is 21.5. The largest absolute Gasteiger partial charge is 0.433 e. The normalized spacial score (nSPS) is 17.9. The maximum absolute atomic E-state index is 15.0. The molecule has 5 rings (SSSR count). The van der Waals surface area contributed by atoms with E-state index in [0.29, 0.717) is 29.5 Å². The number of aliphatic imine (C=N–C) groups is 1. The maximum atomic E-state index is 15.0. The van der Waals surface area contributed by atoms with Gasteiger partial charge in [-0.05, 0) is 74.3 Å². The van der Waals surface area contributed by atoms with Crippen molar-refractivity contribution in [2.24, 2.45) is 4.99 Å².